The van der Waals surface area contributed by atoms with Crippen LogP contribution in [-0.4, -0.2) is 5.38 Å². The minimum absolute atomic E-state index is 0.221. The average molecular weight is 492 g/mol. The first-order valence-electron chi connectivity index (χ1n) is 10.2. The van der Waals surface area contributed by atoms with Gasteiger partial charge in [0, 0.05) is 33.9 Å². The number of aryl methyl sites for hydroxylation is 3. The van der Waals surface area contributed by atoms with Crippen LogP contribution in [0, 0.1) is 26.6 Å². The second-order valence-electron chi connectivity index (χ2n) is 8.16. The van der Waals surface area contributed by atoms with Crippen LogP contribution in [0.15, 0.2) is 54.7 Å². The predicted octanol–water partition coefficient (Wildman–Crippen LogP) is 8.64. The summed E-state index contributed by atoms with van der Waals surface area (Å²) in [6, 6.07) is 12.7. The quantitative estimate of drug-likeness (QED) is 0.267. The molecule has 3 N–H and O–H groups in total. The third-order valence-corrected chi connectivity index (χ3v) is 6.76. The first-order chi connectivity index (χ1) is 15.0. The average Bonchev–Trinajstić information content (AvgIpc) is 2.70. The number of nitrogens with one attached hydrogen (secondary N) is 1. The summed E-state index contributed by atoms with van der Waals surface area (Å²) in [7, 11) is 0. The molecule has 32 heavy (non-hydrogen) atoms. The highest BCUT2D eigenvalue weighted by Gasteiger charge is 2.23. The van der Waals surface area contributed by atoms with Crippen LogP contribution in [0.5, 0.6) is 0 Å². The maximum absolute atomic E-state index is 14.7. The van der Waals surface area contributed by atoms with Crippen LogP contribution in [-0.2, 0) is 0 Å². The Kier molecular flexibility index (Phi) is 7.44. The number of rotatable bonds is 6. The Bertz CT molecular complexity index is 1160. The third kappa shape index (κ3) is 5.06. The maximum atomic E-state index is 14.7. The summed E-state index contributed by atoms with van der Waals surface area (Å²) in [5.41, 5.74) is 12.7. The standard InChI is InChI=1S/C26H26Cl3FN2/c1-13-6-7-19(11-20(13)21-12-24(31)14(2)9-23(21)30)32-17(5)25(16(4)27)18-8-15(3)26(29)22(28)10-18/h6-12,16,25,32H,5,31H2,1-4H3/t16?,25-/m1/s1. The number of halogens is 4. The number of alkyl halides is 1. The normalized spacial score (nSPS) is 13.0. The Labute approximate surface area is 204 Å². The zero-order chi connectivity index (χ0) is 23.7. The zero-order valence-corrected chi connectivity index (χ0v) is 20.8. The Morgan fingerprint density at radius 1 is 0.969 bits per heavy atom. The molecule has 3 aromatic rings. The van der Waals surface area contributed by atoms with E-state index in [9.17, 15) is 4.39 Å². The van der Waals surface area contributed by atoms with Crippen molar-refractivity contribution in [3.63, 3.8) is 0 Å². The lowest BCUT2D eigenvalue weighted by Gasteiger charge is -2.25. The van der Waals surface area contributed by atoms with Gasteiger partial charge < -0.3 is 11.1 Å². The molecule has 3 rings (SSSR count). The van der Waals surface area contributed by atoms with Crippen molar-refractivity contribution >= 4 is 46.2 Å². The molecule has 0 fully saturated rings. The number of nitrogens with two attached hydrogens (primary N) is 1. The van der Waals surface area contributed by atoms with Crippen molar-refractivity contribution < 1.29 is 4.39 Å². The van der Waals surface area contributed by atoms with Crippen LogP contribution in [0.4, 0.5) is 15.8 Å². The summed E-state index contributed by atoms with van der Waals surface area (Å²) < 4.78 is 14.7. The summed E-state index contributed by atoms with van der Waals surface area (Å²) in [5.74, 6) is -0.532. The van der Waals surface area contributed by atoms with Crippen molar-refractivity contribution in [3.8, 4) is 11.1 Å². The van der Waals surface area contributed by atoms with Crippen LogP contribution in [0.1, 0.15) is 35.1 Å². The molecule has 0 aromatic heterocycles. The number of allylic oxidation sites excluding steroid dienone is 1. The van der Waals surface area contributed by atoms with Gasteiger partial charge in [-0.2, -0.15) is 0 Å². The topological polar surface area (TPSA) is 38.0 Å². The molecule has 6 heteroatoms. The molecule has 0 radical (unpaired) electrons. The first-order valence-corrected chi connectivity index (χ1v) is 11.4. The highest BCUT2D eigenvalue weighted by Crippen LogP contribution is 2.37. The highest BCUT2D eigenvalue weighted by molar-refractivity contribution is 6.42. The van der Waals surface area contributed by atoms with Gasteiger partial charge in [-0.3, -0.25) is 0 Å². The van der Waals surface area contributed by atoms with Gasteiger partial charge in [-0.15, -0.1) is 11.6 Å². The smallest absolute Gasteiger partial charge is 0.131 e. The van der Waals surface area contributed by atoms with Crippen LogP contribution >= 0.6 is 34.8 Å². The maximum Gasteiger partial charge on any atom is 0.131 e. The number of hydrogen-bond donors (Lipinski definition) is 2. The van der Waals surface area contributed by atoms with Crippen molar-refractivity contribution in [2.75, 3.05) is 11.1 Å². The van der Waals surface area contributed by atoms with E-state index in [1.165, 1.54) is 6.07 Å². The fourth-order valence-electron chi connectivity index (χ4n) is 3.83. The molecule has 0 spiro atoms. The van der Waals surface area contributed by atoms with Crippen LogP contribution in [0.25, 0.3) is 11.1 Å². The van der Waals surface area contributed by atoms with Gasteiger partial charge in [-0.25, -0.2) is 4.39 Å². The molecule has 1 unspecified atom stereocenters. The second-order valence-corrected chi connectivity index (χ2v) is 9.63. The summed E-state index contributed by atoms with van der Waals surface area (Å²) in [5, 5.41) is 4.09. The molecule has 0 bridgehead atoms. The highest BCUT2D eigenvalue weighted by atomic mass is 35.5. The number of benzene rings is 3. The molecule has 0 aliphatic rings. The van der Waals surface area contributed by atoms with Gasteiger partial charge in [0.25, 0.3) is 0 Å². The van der Waals surface area contributed by atoms with Crippen molar-refractivity contribution in [3.05, 3.63) is 92.9 Å². The van der Waals surface area contributed by atoms with E-state index >= 15 is 0 Å². The van der Waals surface area contributed by atoms with Gasteiger partial charge in [0.15, 0.2) is 0 Å². The Hall–Kier alpha value is -2.20. The van der Waals surface area contributed by atoms with Crippen molar-refractivity contribution in [1.29, 1.82) is 0 Å². The van der Waals surface area contributed by atoms with Gasteiger partial charge >= 0.3 is 0 Å². The van der Waals surface area contributed by atoms with E-state index in [1.54, 1.807) is 13.0 Å². The van der Waals surface area contributed by atoms with Gasteiger partial charge in [0.05, 0.1) is 10.0 Å². The van der Waals surface area contributed by atoms with Crippen molar-refractivity contribution in [1.82, 2.24) is 0 Å². The number of anilines is 2. The minimum Gasteiger partial charge on any atom is -0.398 e. The SMILES string of the molecule is C=C(Nc1ccc(C)c(-c2cc(N)c(C)cc2F)c1)[C@H](c1cc(C)c(Cl)c(Cl)c1)C(C)Cl. The third-order valence-electron chi connectivity index (χ3n) is 5.61. The lowest BCUT2D eigenvalue weighted by Crippen LogP contribution is -2.17. The summed E-state index contributed by atoms with van der Waals surface area (Å²) in [6.07, 6.45) is 0. The van der Waals surface area contributed by atoms with E-state index in [0.29, 0.717) is 32.6 Å². The van der Waals surface area contributed by atoms with Gasteiger partial charge in [0.2, 0.25) is 0 Å². The van der Waals surface area contributed by atoms with Gasteiger partial charge in [0.1, 0.15) is 5.82 Å². The fourth-order valence-corrected chi connectivity index (χ4v) is 4.51. The molecule has 3 aromatic carbocycles. The molecule has 0 saturated carbocycles. The molecule has 2 atom stereocenters. The lowest BCUT2D eigenvalue weighted by atomic mass is 9.91. The first kappa shape index (κ1) is 24.4. The van der Waals surface area contributed by atoms with E-state index in [1.807, 2.05) is 51.1 Å². The molecule has 0 saturated heterocycles. The molecule has 168 valence electrons. The van der Waals surface area contributed by atoms with Crippen molar-refractivity contribution in [2.45, 2.75) is 39.0 Å². The predicted molar refractivity (Wildman–Crippen MR) is 138 cm³/mol. The summed E-state index contributed by atoms with van der Waals surface area (Å²) in [4.78, 5) is 0. The Morgan fingerprint density at radius 2 is 1.66 bits per heavy atom. The lowest BCUT2D eigenvalue weighted by molar-refractivity contribution is 0.630. The van der Waals surface area contributed by atoms with Gasteiger partial charge in [-0.1, -0.05) is 41.9 Å². The molecule has 2 nitrogen and oxygen atoms in total. The van der Waals surface area contributed by atoms with Crippen molar-refractivity contribution in [2.24, 2.45) is 0 Å². The number of hydrogen-bond acceptors (Lipinski definition) is 2. The summed E-state index contributed by atoms with van der Waals surface area (Å²) >= 11 is 19.1. The van der Waals surface area contributed by atoms with E-state index in [0.717, 1.165) is 27.9 Å². The van der Waals surface area contributed by atoms with E-state index < -0.39 is 0 Å². The Morgan fingerprint density at radius 3 is 2.28 bits per heavy atom. The Balaban J connectivity index is 1.97. The summed E-state index contributed by atoms with van der Waals surface area (Å²) in [6.45, 7) is 11.8. The zero-order valence-electron chi connectivity index (χ0n) is 18.5. The van der Waals surface area contributed by atoms with E-state index in [2.05, 4.69) is 11.9 Å². The van der Waals surface area contributed by atoms with E-state index in [-0.39, 0.29) is 17.1 Å². The monoisotopic (exact) mass is 490 g/mol. The number of nitrogen functional groups attached to an aromatic ring is 1. The second kappa shape index (κ2) is 9.74. The van der Waals surface area contributed by atoms with E-state index in [4.69, 9.17) is 40.5 Å². The fraction of sp³-hybridized carbons (Fsp3) is 0.231. The molecule has 0 heterocycles. The minimum atomic E-state index is -0.311. The molecular weight excluding hydrogens is 466 g/mol. The van der Waals surface area contributed by atoms with Crippen LogP contribution < -0.4 is 11.1 Å². The van der Waals surface area contributed by atoms with Crippen LogP contribution in [0.3, 0.4) is 0 Å². The molecule has 0 aliphatic carbocycles. The van der Waals surface area contributed by atoms with Crippen LogP contribution in [0.2, 0.25) is 10.0 Å². The molecular formula is C26H26Cl3FN2. The largest absolute Gasteiger partial charge is 0.398 e. The molecule has 0 amide bonds. The van der Waals surface area contributed by atoms with Gasteiger partial charge in [-0.05, 0) is 85.8 Å². The molecule has 0 aliphatic heterocycles.